The number of fused-ring (bicyclic) bond motifs is 1. The zero-order valence-electron chi connectivity index (χ0n) is 16.4. The molecule has 4 heterocycles. The van der Waals surface area contributed by atoms with Crippen molar-refractivity contribution >= 4 is 36.5 Å². The highest BCUT2D eigenvalue weighted by Gasteiger charge is 2.45. The highest BCUT2D eigenvalue weighted by Crippen LogP contribution is 2.44. The topological polar surface area (TPSA) is 184 Å². The second kappa shape index (κ2) is 8.82. The number of aliphatic hydroxyl groups excluding tert-OH is 2. The number of nitrogens with two attached hydrogens (primary N) is 1. The van der Waals surface area contributed by atoms with E-state index in [0.717, 1.165) is 22.8 Å². The standard InChI is InChI=1S/C16H22N7O6PS/c1-2-5-31-16-20-13(17)10-14(21-16)23(8-19-10)15-12(25)11(24)9(29-15)6-28-30(26,27)22-4-3-18-7-22/h3-4,7-9,11-12,15,24-25H,2,5-6H2,1H3,(H,26,27)(H2,17,20,21)/t9-,11-,12-,15-/m1/s1. The molecule has 0 radical (unpaired) electrons. The first-order valence-corrected chi connectivity index (χ1v) is 11.9. The Bertz CT molecular complexity index is 1100. The number of thioether (sulfide) groups is 1. The van der Waals surface area contributed by atoms with E-state index in [1.165, 1.54) is 35.0 Å². The lowest BCUT2D eigenvalue weighted by Crippen LogP contribution is -2.33. The smallest absolute Gasteiger partial charge is 0.387 e. The van der Waals surface area contributed by atoms with Crippen LogP contribution in [0, 0.1) is 0 Å². The number of ether oxygens (including phenoxy) is 1. The summed E-state index contributed by atoms with van der Waals surface area (Å²) in [5.41, 5.74) is 6.67. The van der Waals surface area contributed by atoms with E-state index in [9.17, 15) is 19.7 Å². The van der Waals surface area contributed by atoms with Crippen molar-refractivity contribution in [1.82, 2.24) is 28.8 Å². The zero-order valence-corrected chi connectivity index (χ0v) is 18.1. The Morgan fingerprint density at radius 2 is 2.13 bits per heavy atom. The van der Waals surface area contributed by atoms with Crippen LogP contribution in [0.2, 0.25) is 0 Å². The van der Waals surface area contributed by atoms with Gasteiger partial charge in [0.25, 0.3) is 0 Å². The minimum atomic E-state index is -4.22. The largest absolute Gasteiger partial charge is 0.437 e. The summed E-state index contributed by atoms with van der Waals surface area (Å²) in [6, 6.07) is 0. The van der Waals surface area contributed by atoms with E-state index in [2.05, 4.69) is 19.9 Å². The highest BCUT2D eigenvalue weighted by molar-refractivity contribution is 7.99. The van der Waals surface area contributed by atoms with Crippen LogP contribution in [0.5, 0.6) is 0 Å². The van der Waals surface area contributed by atoms with Gasteiger partial charge in [0.2, 0.25) is 0 Å². The molecule has 31 heavy (non-hydrogen) atoms. The molecule has 1 saturated heterocycles. The number of nitrogens with zero attached hydrogens (tertiary/aromatic N) is 6. The van der Waals surface area contributed by atoms with Gasteiger partial charge in [0.1, 0.15) is 30.2 Å². The SMILES string of the molecule is CCCSc1nc(N)c2ncn([C@@H]3O[C@H](COP(=O)(O)n4ccnc4)[C@@H](O)[C@H]3O)c2n1. The second-order valence-corrected chi connectivity index (χ2v) is 9.60. The van der Waals surface area contributed by atoms with Crippen LogP contribution in [0.25, 0.3) is 11.2 Å². The van der Waals surface area contributed by atoms with Crippen LogP contribution >= 0.6 is 19.5 Å². The van der Waals surface area contributed by atoms with Crippen molar-refractivity contribution in [3.8, 4) is 0 Å². The van der Waals surface area contributed by atoms with Crippen molar-refractivity contribution in [3.63, 3.8) is 0 Å². The van der Waals surface area contributed by atoms with Crippen molar-refractivity contribution in [1.29, 1.82) is 0 Å². The Balaban J connectivity index is 1.54. The average Bonchev–Trinajstić information content (AvgIpc) is 3.47. The maximum atomic E-state index is 12.3. The van der Waals surface area contributed by atoms with E-state index in [1.807, 2.05) is 6.92 Å². The van der Waals surface area contributed by atoms with Gasteiger partial charge in [-0.25, -0.2) is 28.8 Å². The molecule has 1 unspecified atom stereocenters. The first-order chi connectivity index (χ1) is 14.8. The normalized spacial score (nSPS) is 25.8. The van der Waals surface area contributed by atoms with E-state index < -0.39 is 38.9 Å². The molecule has 1 aliphatic heterocycles. The average molecular weight is 471 g/mol. The lowest BCUT2D eigenvalue weighted by atomic mass is 10.1. The Morgan fingerprint density at radius 3 is 2.84 bits per heavy atom. The Kier molecular flexibility index (Phi) is 6.30. The minimum absolute atomic E-state index is 0.192. The third-order valence-electron chi connectivity index (χ3n) is 4.66. The van der Waals surface area contributed by atoms with Gasteiger partial charge >= 0.3 is 7.75 Å². The van der Waals surface area contributed by atoms with Gasteiger partial charge in [-0.2, -0.15) is 0 Å². The minimum Gasteiger partial charge on any atom is -0.387 e. The monoisotopic (exact) mass is 471 g/mol. The Labute approximate surface area is 180 Å². The van der Waals surface area contributed by atoms with Crippen LogP contribution in [0.3, 0.4) is 0 Å². The third kappa shape index (κ3) is 4.32. The van der Waals surface area contributed by atoms with Crippen LogP contribution in [-0.2, 0) is 13.8 Å². The summed E-state index contributed by atoms with van der Waals surface area (Å²) in [6.07, 6.45) is 1.19. The molecule has 4 rings (SSSR count). The summed E-state index contributed by atoms with van der Waals surface area (Å²) < 4.78 is 25.5. The lowest BCUT2D eigenvalue weighted by molar-refractivity contribution is -0.0487. The van der Waals surface area contributed by atoms with Gasteiger partial charge in [0.05, 0.1) is 12.9 Å². The van der Waals surface area contributed by atoms with E-state index in [4.69, 9.17) is 15.0 Å². The third-order valence-corrected chi connectivity index (χ3v) is 7.02. The molecular weight excluding hydrogens is 449 g/mol. The predicted octanol–water partition coefficient (Wildman–Crippen LogP) is 0.392. The molecule has 0 spiro atoms. The summed E-state index contributed by atoms with van der Waals surface area (Å²) in [5, 5.41) is 21.4. The molecule has 15 heteroatoms. The van der Waals surface area contributed by atoms with Gasteiger partial charge in [0, 0.05) is 18.1 Å². The molecule has 5 N–H and O–H groups in total. The summed E-state index contributed by atoms with van der Waals surface area (Å²) in [5.74, 6) is 0.995. The maximum absolute atomic E-state index is 12.3. The first kappa shape index (κ1) is 22.1. The molecule has 0 aliphatic carbocycles. The van der Waals surface area contributed by atoms with Crippen LogP contribution in [0.15, 0.2) is 30.2 Å². The fourth-order valence-corrected chi connectivity index (χ4v) is 4.69. The summed E-state index contributed by atoms with van der Waals surface area (Å²) in [6.45, 7) is 1.59. The number of anilines is 1. The fourth-order valence-electron chi connectivity index (χ4n) is 3.10. The molecule has 5 atom stereocenters. The summed E-state index contributed by atoms with van der Waals surface area (Å²) >= 11 is 1.43. The van der Waals surface area contributed by atoms with E-state index in [1.54, 1.807) is 0 Å². The van der Waals surface area contributed by atoms with Crippen LogP contribution in [0.4, 0.5) is 5.82 Å². The van der Waals surface area contributed by atoms with Crippen molar-refractivity contribution in [2.75, 3.05) is 18.1 Å². The number of hydrogen-bond donors (Lipinski definition) is 4. The number of rotatable bonds is 8. The number of aliphatic hydroxyl groups is 2. The van der Waals surface area contributed by atoms with Gasteiger partial charge < -0.3 is 25.6 Å². The molecule has 0 bridgehead atoms. The molecule has 3 aromatic rings. The Morgan fingerprint density at radius 1 is 1.32 bits per heavy atom. The Hall–Kier alpha value is -2.06. The van der Waals surface area contributed by atoms with Gasteiger partial charge in [-0.1, -0.05) is 18.7 Å². The molecule has 0 saturated carbocycles. The van der Waals surface area contributed by atoms with Gasteiger partial charge in [0.15, 0.2) is 22.8 Å². The van der Waals surface area contributed by atoms with Crippen molar-refractivity contribution in [3.05, 3.63) is 25.0 Å². The quantitative estimate of drug-likeness (QED) is 0.202. The molecule has 1 aliphatic rings. The fraction of sp³-hybridized carbons (Fsp3) is 0.500. The van der Waals surface area contributed by atoms with Crippen molar-refractivity contribution < 1.29 is 28.9 Å². The summed E-state index contributed by atoms with van der Waals surface area (Å²) in [7, 11) is -4.22. The number of hydrogen-bond acceptors (Lipinski definition) is 11. The van der Waals surface area contributed by atoms with Gasteiger partial charge in [-0.05, 0) is 6.42 Å². The van der Waals surface area contributed by atoms with E-state index in [0.29, 0.717) is 16.3 Å². The van der Waals surface area contributed by atoms with Crippen LogP contribution in [-0.4, -0.2) is 74.6 Å². The predicted molar refractivity (Wildman–Crippen MR) is 110 cm³/mol. The first-order valence-electron chi connectivity index (χ1n) is 9.42. The lowest BCUT2D eigenvalue weighted by Gasteiger charge is -2.18. The van der Waals surface area contributed by atoms with Gasteiger partial charge in [-0.15, -0.1) is 0 Å². The van der Waals surface area contributed by atoms with Crippen LogP contribution in [0.1, 0.15) is 19.6 Å². The van der Waals surface area contributed by atoms with E-state index >= 15 is 0 Å². The molecule has 1 fully saturated rings. The molecule has 3 aromatic heterocycles. The molecule has 0 aromatic carbocycles. The highest BCUT2D eigenvalue weighted by atomic mass is 32.2. The molecule has 168 valence electrons. The number of imidazole rings is 2. The second-order valence-electron chi connectivity index (χ2n) is 6.84. The number of nitrogen functional groups attached to an aromatic ring is 1. The molecule has 13 nitrogen and oxygen atoms in total. The van der Waals surface area contributed by atoms with Crippen molar-refractivity contribution in [2.24, 2.45) is 0 Å². The summed E-state index contributed by atoms with van der Waals surface area (Å²) in [4.78, 5) is 26.6. The maximum Gasteiger partial charge on any atom is 0.437 e. The number of aromatic nitrogens is 6. The van der Waals surface area contributed by atoms with Crippen molar-refractivity contribution in [2.45, 2.75) is 43.0 Å². The van der Waals surface area contributed by atoms with Crippen LogP contribution < -0.4 is 5.73 Å². The molecular formula is C16H22N7O6PS. The van der Waals surface area contributed by atoms with E-state index in [-0.39, 0.29) is 5.82 Å². The van der Waals surface area contributed by atoms with Gasteiger partial charge in [-0.3, -0.25) is 9.09 Å². The zero-order chi connectivity index (χ0) is 22.2. The molecule has 0 amide bonds.